The van der Waals surface area contributed by atoms with Crippen molar-refractivity contribution in [3.05, 3.63) is 6.42 Å². The number of hydrogen-bond donors (Lipinski definition) is 0. The minimum absolute atomic E-state index is 0.468. The summed E-state index contributed by atoms with van der Waals surface area (Å²) < 4.78 is 10.8. The fraction of sp³-hybridized carbons (Fsp3) is 0.875. The third kappa shape index (κ3) is 1.18. The highest BCUT2D eigenvalue weighted by molar-refractivity contribution is 4.84. The number of hydrogen-bond acceptors (Lipinski definition) is 2. The van der Waals surface area contributed by atoms with Crippen molar-refractivity contribution in [1.29, 1.82) is 0 Å². The second-order valence-corrected chi connectivity index (χ2v) is 2.93. The molecule has 0 N–H and O–H groups in total. The molecule has 2 fully saturated rings. The Morgan fingerprint density at radius 3 is 3.30 bits per heavy atom. The van der Waals surface area contributed by atoms with Crippen molar-refractivity contribution in [1.82, 2.24) is 0 Å². The fourth-order valence-electron chi connectivity index (χ4n) is 1.60. The van der Waals surface area contributed by atoms with E-state index >= 15 is 0 Å². The van der Waals surface area contributed by atoms with Crippen LogP contribution < -0.4 is 0 Å². The van der Waals surface area contributed by atoms with Gasteiger partial charge in [0, 0.05) is 18.9 Å². The van der Waals surface area contributed by atoms with E-state index in [1.807, 2.05) is 0 Å². The standard InChI is InChI=1S/C8H12O2/c1-2-7-6-9-5-3-8(7)10-4-1/h7-8H,2-6H2. The quantitative estimate of drug-likeness (QED) is 0.497. The molecule has 2 heteroatoms. The van der Waals surface area contributed by atoms with E-state index in [9.17, 15) is 0 Å². The zero-order valence-corrected chi connectivity index (χ0v) is 6.01. The largest absolute Gasteiger partial charge is 0.381 e. The number of fused-ring (bicyclic) bond motifs is 1. The van der Waals surface area contributed by atoms with E-state index in [1.54, 1.807) is 0 Å². The van der Waals surface area contributed by atoms with Crippen LogP contribution >= 0.6 is 0 Å². The SMILES string of the molecule is [C]1COC2CCOCC2C1. The van der Waals surface area contributed by atoms with Gasteiger partial charge in [0.15, 0.2) is 0 Å². The average molecular weight is 140 g/mol. The molecule has 2 nitrogen and oxygen atoms in total. The van der Waals surface area contributed by atoms with Crippen LogP contribution in [0.25, 0.3) is 0 Å². The van der Waals surface area contributed by atoms with E-state index in [1.165, 1.54) is 0 Å². The predicted molar refractivity (Wildman–Crippen MR) is 36.5 cm³/mol. The molecular weight excluding hydrogens is 128 g/mol. The second-order valence-electron chi connectivity index (χ2n) is 2.93. The molecule has 2 atom stereocenters. The lowest BCUT2D eigenvalue weighted by Crippen LogP contribution is -2.37. The Kier molecular flexibility index (Phi) is 1.91. The summed E-state index contributed by atoms with van der Waals surface area (Å²) in [5.74, 6) is 0.600. The first kappa shape index (κ1) is 6.62. The summed E-state index contributed by atoms with van der Waals surface area (Å²) in [5.41, 5.74) is 0. The summed E-state index contributed by atoms with van der Waals surface area (Å²) in [6, 6.07) is 0. The first-order valence-corrected chi connectivity index (χ1v) is 3.87. The van der Waals surface area contributed by atoms with Crippen molar-refractivity contribution in [2.45, 2.75) is 18.9 Å². The molecule has 56 valence electrons. The van der Waals surface area contributed by atoms with Crippen LogP contribution in [0.15, 0.2) is 0 Å². The van der Waals surface area contributed by atoms with E-state index in [0.717, 1.165) is 32.7 Å². The first-order chi connectivity index (χ1) is 4.97. The molecule has 2 heterocycles. The van der Waals surface area contributed by atoms with Gasteiger partial charge in [-0.15, -0.1) is 0 Å². The summed E-state index contributed by atoms with van der Waals surface area (Å²) in [5, 5.41) is 0. The van der Waals surface area contributed by atoms with Crippen LogP contribution in [0.5, 0.6) is 0 Å². The summed E-state index contributed by atoms with van der Waals surface area (Å²) in [7, 11) is 0. The van der Waals surface area contributed by atoms with Gasteiger partial charge in [0.2, 0.25) is 0 Å². The lowest BCUT2D eigenvalue weighted by molar-refractivity contribution is -0.0862. The molecule has 2 unspecified atom stereocenters. The van der Waals surface area contributed by atoms with E-state index in [2.05, 4.69) is 6.42 Å². The number of ether oxygens (including phenoxy) is 2. The second kappa shape index (κ2) is 2.89. The average Bonchev–Trinajstić information content (AvgIpc) is 2.05. The van der Waals surface area contributed by atoms with Gasteiger partial charge in [-0.1, -0.05) is 0 Å². The molecule has 2 rings (SSSR count). The third-order valence-corrected chi connectivity index (χ3v) is 2.21. The Balaban J connectivity index is 1.93. The molecule has 0 aromatic heterocycles. The molecule has 2 aliphatic heterocycles. The molecule has 0 aromatic rings. The smallest absolute Gasteiger partial charge is 0.0647 e. The highest BCUT2D eigenvalue weighted by Gasteiger charge is 2.28. The summed E-state index contributed by atoms with van der Waals surface area (Å²) in [6.45, 7) is 2.47. The summed E-state index contributed by atoms with van der Waals surface area (Å²) in [4.78, 5) is 0. The topological polar surface area (TPSA) is 18.5 Å². The summed E-state index contributed by atoms with van der Waals surface area (Å²) >= 11 is 0. The van der Waals surface area contributed by atoms with E-state index < -0.39 is 0 Å². The zero-order chi connectivity index (χ0) is 6.81. The molecule has 0 aliphatic carbocycles. The van der Waals surface area contributed by atoms with Gasteiger partial charge in [-0.3, -0.25) is 0 Å². The Hall–Kier alpha value is -0.0800. The molecule has 0 spiro atoms. The van der Waals surface area contributed by atoms with Crippen LogP contribution in [-0.4, -0.2) is 25.9 Å². The minimum Gasteiger partial charge on any atom is -0.381 e. The molecule has 0 bridgehead atoms. The molecule has 0 amide bonds. The first-order valence-electron chi connectivity index (χ1n) is 3.87. The van der Waals surface area contributed by atoms with Crippen molar-refractivity contribution in [2.24, 2.45) is 5.92 Å². The van der Waals surface area contributed by atoms with Crippen molar-refractivity contribution in [3.63, 3.8) is 0 Å². The van der Waals surface area contributed by atoms with Crippen LogP contribution in [0.4, 0.5) is 0 Å². The van der Waals surface area contributed by atoms with Crippen molar-refractivity contribution < 1.29 is 9.47 Å². The maximum Gasteiger partial charge on any atom is 0.0647 e. The molecule has 0 aromatic carbocycles. The van der Waals surface area contributed by atoms with Crippen LogP contribution in [-0.2, 0) is 9.47 Å². The Labute approximate surface area is 61.5 Å². The van der Waals surface area contributed by atoms with Gasteiger partial charge in [-0.2, -0.15) is 0 Å². The van der Waals surface area contributed by atoms with Gasteiger partial charge in [0.1, 0.15) is 0 Å². The molecule has 2 radical (unpaired) electrons. The van der Waals surface area contributed by atoms with E-state index in [-0.39, 0.29) is 0 Å². The third-order valence-electron chi connectivity index (χ3n) is 2.21. The van der Waals surface area contributed by atoms with Crippen LogP contribution in [0, 0.1) is 12.3 Å². The van der Waals surface area contributed by atoms with Gasteiger partial charge in [-0.25, -0.2) is 0 Å². The fourth-order valence-corrected chi connectivity index (χ4v) is 1.60. The van der Waals surface area contributed by atoms with Gasteiger partial charge >= 0.3 is 0 Å². The molecule has 2 saturated heterocycles. The predicted octanol–water partition coefficient (Wildman–Crippen LogP) is 0.893. The van der Waals surface area contributed by atoms with Crippen molar-refractivity contribution >= 4 is 0 Å². The minimum atomic E-state index is 0.468. The van der Waals surface area contributed by atoms with Crippen LogP contribution in [0.2, 0.25) is 0 Å². The Morgan fingerprint density at radius 2 is 2.40 bits per heavy atom. The van der Waals surface area contributed by atoms with Gasteiger partial charge in [0.05, 0.1) is 19.3 Å². The summed E-state index contributed by atoms with van der Waals surface area (Å²) in [6.07, 6.45) is 5.79. The molecular formula is C8H12O2. The molecule has 10 heavy (non-hydrogen) atoms. The van der Waals surface area contributed by atoms with Gasteiger partial charge < -0.3 is 9.47 Å². The highest BCUT2D eigenvalue weighted by Crippen LogP contribution is 2.25. The van der Waals surface area contributed by atoms with Crippen LogP contribution in [0.3, 0.4) is 0 Å². The Bertz CT molecular complexity index is 87.8. The normalized spacial score (nSPS) is 40.8. The molecule has 2 aliphatic rings. The maximum absolute atomic E-state index is 5.49. The van der Waals surface area contributed by atoms with Crippen LogP contribution in [0.1, 0.15) is 12.8 Å². The number of rotatable bonds is 0. The lowest BCUT2D eigenvalue weighted by atomic mass is 9.92. The monoisotopic (exact) mass is 140 g/mol. The lowest BCUT2D eigenvalue weighted by Gasteiger charge is -2.34. The van der Waals surface area contributed by atoms with E-state index in [0.29, 0.717) is 12.0 Å². The molecule has 0 saturated carbocycles. The maximum atomic E-state index is 5.49. The van der Waals surface area contributed by atoms with Crippen molar-refractivity contribution in [3.8, 4) is 0 Å². The Morgan fingerprint density at radius 1 is 1.40 bits per heavy atom. The van der Waals surface area contributed by atoms with E-state index in [4.69, 9.17) is 9.47 Å². The highest BCUT2D eigenvalue weighted by atomic mass is 16.5. The zero-order valence-electron chi connectivity index (χ0n) is 6.01. The van der Waals surface area contributed by atoms with Gasteiger partial charge in [0.25, 0.3) is 0 Å². The van der Waals surface area contributed by atoms with Gasteiger partial charge in [-0.05, 0) is 12.8 Å². The van der Waals surface area contributed by atoms with Crippen molar-refractivity contribution in [2.75, 3.05) is 19.8 Å².